The molecule has 0 bridgehead atoms. The second-order valence-electron chi connectivity index (χ2n) is 7.47. The first-order valence-electron chi connectivity index (χ1n) is 9.98. The van der Waals surface area contributed by atoms with E-state index < -0.39 is 22.6 Å². The highest BCUT2D eigenvalue weighted by Gasteiger charge is 2.26. The SMILES string of the molecule is CC1CN(C(=O)COC(=O)c2cccc(S(=O)(=O)NCc3ccccc3)c2)CC(C)O1. The maximum absolute atomic E-state index is 12.6. The summed E-state index contributed by atoms with van der Waals surface area (Å²) in [4.78, 5) is 26.3. The molecule has 3 rings (SSSR count). The molecule has 0 saturated carbocycles. The fourth-order valence-electron chi connectivity index (χ4n) is 3.33. The number of carbonyl (C=O) groups excluding carboxylic acids is 2. The van der Waals surface area contributed by atoms with Crippen molar-refractivity contribution in [3.63, 3.8) is 0 Å². The largest absolute Gasteiger partial charge is 0.452 e. The summed E-state index contributed by atoms with van der Waals surface area (Å²) in [5, 5.41) is 0. The molecule has 1 N–H and O–H groups in total. The quantitative estimate of drug-likeness (QED) is 0.653. The molecule has 2 aromatic rings. The summed E-state index contributed by atoms with van der Waals surface area (Å²) < 4.78 is 38.4. The summed E-state index contributed by atoms with van der Waals surface area (Å²) in [5.41, 5.74) is 0.867. The molecule has 0 aliphatic carbocycles. The standard InChI is InChI=1S/C22H26N2O6S/c1-16-13-24(14-17(2)30-16)21(25)15-29-22(26)19-9-6-10-20(11-19)31(27,28)23-12-18-7-4-3-5-8-18/h3-11,16-17,23H,12-15H2,1-2H3. The van der Waals surface area contributed by atoms with Gasteiger partial charge in [-0.15, -0.1) is 0 Å². The van der Waals surface area contributed by atoms with E-state index in [0.29, 0.717) is 13.1 Å². The minimum atomic E-state index is -3.82. The minimum absolute atomic E-state index is 0.0547. The number of esters is 1. The fourth-order valence-corrected chi connectivity index (χ4v) is 4.39. The van der Waals surface area contributed by atoms with Gasteiger partial charge in [-0.3, -0.25) is 4.79 Å². The molecule has 0 aromatic heterocycles. The Kier molecular flexibility index (Phi) is 7.42. The third-order valence-electron chi connectivity index (χ3n) is 4.79. The zero-order valence-corrected chi connectivity index (χ0v) is 18.3. The van der Waals surface area contributed by atoms with Crippen molar-refractivity contribution in [1.82, 2.24) is 9.62 Å². The van der Waals surface area contributed by atoms with Crippen molar-refractivity contribution in [3.05, 3.63) is 65.7 Å². The molecule has 1 fully saturated rings. The monoisotopic (exact) mass is 446 g/mol. The number of morpholine rings is 1. The summed E-state index contributed by atoms with van der Waals surface area (Å²) in [7, 11) is -3.82. The van der Waals surface area contributed by atoms with Gasteiger partial charge in [-0.1, -0.05) is 36.4 Å². The van der Waals surface area contributed by atoms with Gasteiger partial charge in [0.2, 0.25) is 10.0 Å². The van der Waals surface area contributed by atoms with E-state index in [2.05, 4.69) is 4.72 Å². The van der Waals surface area contributed by atoms with Gasteiger partial charge in [-0.25, -0.2) is 17.9 Å². The van der Waals surface area contributed by atoms with Crippen LogP contribution < -0.4 is 4.72 Å². The van der Waals surface area contributed by atoms with Crippen molar-refractivity contribution in [1.29, 1.82) is 0 Å². The molecular formula is C22H26N2O6S. The number of benzene rings is 2. The third-order valence-corrected chi connectivity index (χ3v) is 6.19. The van der Waals surface area contributed by atoms with E-state index in [1.807, 2.05) is 44.2 Å². The topological polar surface area (TPSA) is 102 Å². The summed E-state index contributed by atoms with van der Waals surface area (Å²) >= 11 is 0. The van der Waals surface area contributed by atoms with Crippen LogP contribution >= 0.6 is 0 Å². The second-order valence-corrected chi connectivity index (χ2v) is 9.24. The van der Waals surface area contributed by atoms with Gasteiger partial charge in [0.25, 0.3) is 5.91 Å². The Morgan fingerprint density at radius 1 is 1.06 bits per heavy atom. The van der Waals surface area contributed by atoms with E-state index in [-0.39, 0.29) is 35.1 Å². The Bertz CT molecular complexity index is 1020. The van der Waals surface area contributed by atoms with Crippen molar-refractivity contribution in [2.45, 2.75) is 37.5 Å². The molecular weight excluding hydrogens is 420 g/mol. The van der Waals surface area contributed by atoms with E-state index in [9.17, 15) is 18.0 Å². The van der Waals surface area contributed by atoms with Gasteiger partial charge in [0, 0.05) is 19.6 Å². The van der Waals surface area contributed by atoms with Crippen molar-refractivity contribution in [2.75, 3.05) is 19.7 Å². The molecule has 1 amide bonds. The maximum atomic E-state index is 12.6. The highest BCUT2D eigenvalue weighted by atomic mass is 32.2. The summed E-state index contributed by atoms with van der Waals surface area (Å²) in [6, 6.07) is 14.6. The average Bonchev–Trinajstić information content (AvgIpc) is 2.76. The number of amides is 1. The Balaban J connectivity index is 1.59. The molecule has 9 heteroatoms. The Morgan fingerprint density at radius 2 is 1.74 bits per heavy atom. The zero-order valence-electron chi connectivity index (χ0n) is 17.5. The highest BCUT2D eigenvalue weighted by Crippen LogP contribution is 2.14. The van der Waals surface area contributed by atoms with Gasteiger partial charge in [-0.2, -0.15) is 0 Å². The number of sulfonamides is 1. The van der Waals surface area contributed by atoms with Crippen molar-refractivity contribution in [3.8, 4) is 0 Å². The molecule has 2 atom stereocenters. The summed E-state index contributed by atoms with van der Waals surface area (Å²) in [5.74, 6) is -1.08. The zero-order chi connectivity index (χ0) is 22.4. The molecule has 0 spiro atoms. The first-order chi connectivity index (χ1) is 14.7. The van der Waals surface area contributed by atoms with Gasteiger partial charge in [0.1, 0.15) is 0 Å². The van der Waals surface area contributed by atoms with Gasteiger partial charge in [-0.05, 0) is 37.6 Å². The molecule has 2 unspecified atom stereocenters. The van der Waals surface area contributed by atoms with Crippen LogP contribution in [0.4, 0.5) is 0 Å². The van der Waals surface area contributed by atoms with Crippen LogP contribution in [0.2, 0.25) is 0 Å². The Labute approximate surface area is 182 Å². The number of hydrogen-bond acceptors (Lipinski definition) is 6. The van der Waals surface area contributed by atoms with Crippen LogP contribution in [-0.2, 0) is 30.8 Å². The van der Waals surface area contributed by atoms with Crippen LogP contribution in [0, 0.1) is 0 Å². The predicted octanol–water partition coefficient (Wildman–Crippen LogP) is 1.96. The normalized spacial score (nSPS) is 19.1. The molecule has 31 heavy (non-hydrogen) atoms. The lowest BCUT2D eigenvalue weighted by Gasteiger charge is -2.35. The first-order valence-corrected chi connectivity index (χ1v) is 11.5. The summed E-state index contributed by atoms with van der Waals surface area (Å²) in [6.45, 7) is 4.33. The average molecular weight is 447 g/mol. The lowest BCUT2D eigenvalue weighted by molar-refractivity contribution is -0.146. The van der Waals surface area contributed by atoms with E-state index >= 15 is 0 Å². The molecule has 1 saturated heterocycles. The first kappa shape index (κ1) is 22.9. The molecule has 1 aliphatic heterocycles. The third kappa shape index (κ3) is 6.36. The molecule has 1 aliphatic rings. The van der Waals surface area contributed by atoms with Gasteiger partial charge < -0.3 is 14.4 Å². The smallest absolute Gasteiger partial charge is 0.338 e. The van der Waals surface area contributed by atoms with Crippen LogP contribution in [0.15, 0.2) is 59.5 Å². The number of nitrogens with one attached hydrogen (secondary N) is 1. The van der Waals surface area contributed by atoms with Gasteiger partial charge in [0.15, 0.2) is 6.61 Å². The lowest BCUT2D eigenvalue weighted by Crippen LogP contribution is -2.49. The van der Waals surface area contributed by atoms with E-state index in [1.165, 1.54) is 24.3 Å². The van der Waals surface area contributed by atoms with Crippen LogP contribution in [-0.4, -0.2) is 57.1 Å². The molecule has 0 radical (unpaired) electrons. The number of nitrogens with zero attached hydrogens (tertiary/aromatic N) is 1. The lowest BCUT2D eigenvalue weighted by atomic mass is 10.2. The maximum Gasteiger partial charge on any atom is 0.338 e. The Hall–Kier alpha value is -2.75. The van der Waals surface area contributed by atoms with E-state index in [0.717, 1.165) is 5.56 Å². The van der Waals surface area contributed by atoms with Crippen LogP contribution in [0.3, 0.4) is 0 Å². The Morgan fingerprint density at radius 3 is 2.42 bits per heavy atom. The van der Waals surface area contributed by atoms with Crippen LogP contribution in [0.5, 0.6) is 0 Å². The van der Waals surface area contributed by atoms with E-state index in [4.69, 9.17) is 9.47 Å². The van der Waals surface area contributed by atoms with Gasteiger partial charge in [0.05, 0.1) is 22.7 Å². The number of hydrogen-bond donors (Lipinski definition) is 1. The van der Waals surface area contributed by atoms with Crippen molar-refractivity contribution >= 4 is 21.9 Å². The molecule has 8 nitrogen and oxygen atoms in total. The van der Waals surface area contributed by atoms with Crippen molar-refractivity contribution < 1.29 is 27.5 Å². The fraction of sp³-hybridized carbons (Fsp3) is 0.364. The molecule has 2 aromatic carbocycles. The molecule has 1 heterocycles. The number of carbonyl (C=O) groups is 2. The van der Waals surface area contributed by atoms with Gasteiger partial charge >= 0.3 is 5.97 Å². The molecule has 166 valence electrons. The second kappa shape index (κ2) is 10.0. The highest BCUT2D eigenvalue weighted by molar-refractivity contribution is 7.89. The van der Waals surface area contributed by atoms with E-state index in [1.54, 1.807) is 4.90 Å². The van der Waals surface area contributed by atoms with Crippen molar-refractivity contribution in [2.24, 2.45) is 0 Å². The summed E-state index contributed by atoms with van der Waals surface area (Å²) in [6.07, 6.45) is -0.178. The predicted molar refractivity (Wildman–Crippen MR) is 114 cm³/mol. The van der Waals surface area contributed by atoms with Crippen LogP contribution in [0.1, 0.15) is 29.8 Å². The number of rotatable bonds is 7. The van der Waals surface area contributed by atoms with Crippen LogP contribution in [0.25, 0.3) is 0 Å². The minimum Gasteiger partial charge on any atom is -0.452 e. The number of ether oxygens (including phenoxy) is 2.